The second-order valence-electron chi connectivity index (χ2n) is 9.31. The Morgan fingerprint density at radius 2 is 1.97 bits per heavy atom. The van der Waals surface area contributed by atoms with Crippen LogP contribution in [0.5, 0.6) is 5.88 Å². The Hall–Kier alpha value is -0.940. The minimum Gasteiger partial charge on any atom is -1.00 e. The predicted octanol–water partition coefficient (Wildman–Crippen LogP) is 2.96. The summed E-state index contributed by atoms with van der Waals surface area (Å²) in [6.07, 6.45) is 13.1. The maximum absolute atomic E-state index is 12.5. The van der Waals surface area contributed by atoms with Gasteiger partial charge in [0.05, 0.1) is 31.9 Å². The van der Waals surface area contributed by atoms with Crippen LogP contribution in [-0.4, -0.2) is 58.5 Å². The van der Waals surface area contributed by atoms with E-state index in [1.807, 2.05) is 0 Å². The predicted molar refractivity (Wildman–Crippen MR) is 127 cm³/mol. The normalized spacial score (nSPS) is 22.1. The maximum Gasteiger partial charge on any atom is 0.513 e. The molecule has 7 nitrogen and oxygen atoms in total. The van der Waals surface area contributed by atoms with Gasteiger partial charge in [0, 0.05) is 18.4 Å². The van der Waals surface area contributed by atoms with Gasteiger partial charge in [-0.3, -0.25) is 4.48 Å². The van der Waals surface area contributed by atoms with Gasteiger partial charge >= 0.3 is 6.16 Å². The minimum absolute atomic E-state index is 0. The zero-order chi connectivity index (χ0) is 22.8. The molecular weight excluding hydrogens is 553 g/mol. The molecule has 1 aliphatic heterocycles. The largest absolute Gasteiger partial charge is 1.00 e. The number of carbonyl (C=O) groups is 1. The number of carbonyl (C=O) groups excluding carboxylic acids is 1. The number of unbranched alkanes of at least 4 members (excludes halogenated alkanes) is 3. The second kappa shape index (κ2) is 14.5. The van der Waals surface area contributed by atoms with E-state index in [4.69, 9.17) is 14.2 Å². The van der Waals surface area contributed by atoms with Gasteiger partial charge in [0.1, 0.15) is 18.3 Å². The third kappa shape index (κ3) is 8.35. The molecule has 0 aromatic carbocycles. The lowest BCUT2D eigenvalue weighted by atomic mass is 9.98. The Bertz CT molecular complexity index is 754. The number of halogens is 1. The third-order valence-electron chi connectivity index (χ3n) is 6.65. The van der Waals surface area contributed by atoms with Gasteiger partial charge in [0.25, 0.3) is 5.88 Å². The third-order valence-corrected chi connectivity index (χ3v) is 7.17. The van der Waals surface area contributed by atoms with Crippen LogP contribution in [0.2, 0.25) is 0 Å². The van der Waals surface area contributed by atoms with Gasteiger partial charge in [0.2, 0.25) is 6.23 Å². The Morgan fingerprint density at radius 3 is 2.70 bits per heavy atom. The van der Waals surface area contributed by atoms with Crippen molar-refractivity contribution in [3.63, 3.8) is 0 Å². The van der Waals surface area contributed by atoms with Crippen molar-refractivity contribution in [2.45, 2.75) is 96.8 Å². The van der Waals surface area contributed by atoms with E-state index in [1.165, 1.54) is 37.4 Å². The molecule has 2 aliphatic rings. The summed E-state index contributed by atoms with van der Waals surface area (Å²) >= 11 is 1.19. The van der Waals surface area contributed by atoms with Crippen LogP contribution in [0.15, 0.2) is 6.08 Å². The van der Waals surface area contributed by atoms with Gasteiger partial charge in [-0.1, -0.05) is 45.6 Å². The Morgan fingerprint density at radius 1 is 1.18 bits per heavy atom. The molecule has 2 unspecified atom stereocenters. The topological polar surface area (TPSA) is 70.5 Å². The van der Waals surface area contributed by atoms with E-state index in [0.717, 1.165) is 69.3 Å². The zero-order valence-corrected chi connectivity index (χ0v) is 23.4. The number of likely N-dealkylation sites (N-methyl/N-ethyl adjacent to an activating group) is 1. The number of hydrogen-bond donors (Lipinski definition) is 0. The van der Waals surface area contributed by atoms with E-state index in [0.29, 0.717) is 17.0 Å². The highest BCUT2D eigenvalue weighted by molar-refractivity contribution is 6.99. The molecular formula is C24H40IN3O4S. The van der Waals surface area contributed by atoms with Crippen molar-refractivity contribution in [3.05, 3.63) is 11.8 Å². The number of rotatable bonds is 11. The van der Waals surface area contributed by atoms with Gasteiger partial charge in [0.15, 0.2) is 0 Å². The van der Waals surface area contributed by atoms with Crippen molar-refractivity contribution in [2.75, 3.05) is 26.7 Å². The van der Waals surface area contributed by atoms with Gasteiger partial charge in [-0.25, -0.2) is 4.79 Å². The van der Waals surface area contributed by atoms with Crippen LogP contribution in [0, 0.1) is 0 Å². The molecule has 0 spiro atoms. The van der Waals surface area contributed by atoms with Gasteiger partial charge < -0.3 is 38.2 Å². The minimum atomic E-state index is -0.523. The summed E-state index contributed by atoms with van der Waals surface area (Å²) in [5.74, 6) is 0.636. The molecule has 2 atom stereocenters. The van der Waals surface area contributed by atoms with Crippen molar-refractivity contribution in [3.8, 4) is 5.88 Å². The molecule has 0 N–H and O–H groups in total. The summed E-state index contributed by atoms with van der Waals surface area (Å²) in [7, 11) is 2.15. The second-order valence-corrected chi connectivity index (χ2v) is 9.84. The highest BCUT2D eigenvalue weighted by Gasteiger charge is 2.39. The molecule has 0 amide bonds. The molecule has 1 aliphatic carbocycles. The lowest BCUT2D eigenvalue weighted by Gasteiger charge is -2.42. The summed E-state index contributed by atoms with van der Waals surface area (Å²) in [6.45, 7) is 6.58. The summed E-state index contributed by atoms with van der Waals surface area (Å²) in [5, 5.41) is 0. The van der Waals surface area contributed by atoms with Crippen molar-refractivity contribution >= 4 is 23.5 Å². The fraction of sp³-hybridized carbons (Fsp3) is 0.792. The first kappa shape index (κ1) is 28.3. The monoisotopic (exact) mass is 593 g/mol. The summed E-state index contributed by atoms with van der Waals surface area (Å²) in [6, 6.07) is 0. The van der Waals surface area contributed by atoms with Gasteiger partial charge in [-0.15, -0.1) is 4.37 Å². The molecule has 0 bridgehead atoms. The fourth-order valence-electron chi connectivity index (χ4n) is 4.76. The number of hydrogen-bond acceptors (Lipinski definition) is 7. The first-order chi connectivity index (χ1) is 15.6. The molecule has 0 radical (unpaired) electrons. The SMILES string of the molecule is CCCCCCOc1nsnc1C1=CCC[N+](C)(C(CC)OC(=O)OC2CCCCC2)C1.[I-]. The van der Waals surface area contributed by atoms with Crippen molar-refractivity contribution < 1.29 is 47.5 Å². The molecule has 1 aromatic rings. The number of ether oxygens (including phenoxy) is 3. The van der Waals surface area contributed by atoms with E-state index >= 15 is 0 Å². The number of aromatic nitrogens is 2. The van der Waals surface area contributed by atoms with Crippen LogP contribution in [0.1, 0.15) is 90.2 Å². The average molecular weight is 594 g/mol. The fourth-order valence-corrected chi connectivity index (χ4v) is 5.29. The Kier molecular flexibility index (Phi) is 12.4. The van der Waals surface area contributed by atoms with Crippen molar-refractivity contribution in [2.24, 2.45) is 0 Å². The molecule has 9 heteroatoms. The zero-order valence-electron chi connectivity index (χ0n) is 20.4. The first-order valence-corrected chi connectivity index (χ1v) is 13.1. The lowest BCUT2D eigenvalue weighted by molar-refractivity contribution is -0.947. The van der Waals surface area contributed by atoms with E-state index in [-0.39, 0.29) is 36.3 Å². The van der Waals surface area contributed by atoms with Gasteiger partial charge in [-0.2, -0.15) is 4.37 Å². The quantitative estimate of drug-likeness (QED) is 0.170. The molecule has 33 heavy (non-hydrogen) atoms. The molecule has 2 heterocycles. The Balaban J connectivity index is 0.00000385. The maximum atomic E-state index is 12.5. The molecule has 1 fully saturated rings. The molecule has 188 valence electrons. The van der Waals surface area contributed by atoms with Crippen LogP contribution >= 0.6 is 11.7 Å². The van der Waals surface area contributed by atoms with Gasteiger partial charge in [-0.05, 0) is 32.1 Å². The van der Waals surface area contributed by atoms with Crippen LogP contribution in [0.3, 0.4) is 0 Å². The van der Waals surface area contributed by atoms with Crippen LogP contribution in [0.25, 0.3) is 5.57 Å². The molecule has 0 saturated heterocycles. The first-order valence-electron chi connectivity index (χ1n) is 12.4. The van der Waals surface area contributed by atoms with E-state index in [1.54, 1.807) is 0 Å². The van der Waals surface area contributed by atoms with E-state index < -0.39 is 6.16 Å². The molecule has 3 rings (SSSR count). The molecule has 1 saturated carbocycles. The van der Waals surface area contributed by atoms with Crippen LogP contribution in [-0.2, 0) is 9.47 Å². The lowest BCUT2D eigenvalue weighted by Crippen LogP contribution is -3.00. The summed E-state index contributed by atoms with van der Waals surface area (Å²) < 4.78 is 27.0. The highest BCUT2D eigenvalue weighted by Crippen LogP contribution is 2.32. The van der Waals surface area contributed by atoms with E-state index in [9.17, 15) is 4.79 Å². The van der Waals surface area contributed by atoms with Crippen LogP contribution < -0.4 is 28.7 Å². The summed E-state index contributed by atoms with van der Waals surface area (Å²) in [4.78, 5) is 12.5. The molecule has 1 aromatic heterocycles. The van der Waals surface area contributed by atoms with E-state index in [2.05, 4.69) is 35.7 Å². The van der Waals surface area contributed by atoms with Crippen LogP contribution in [0.4, 0.5) is 4.79 Å². The summed E-state index contributed by atoms with van der Waals surface area (Å²) in [5.41, 5.74) is 1.97. The van der Waals surface area contributed by atoms with Crippen molar-refractivity contribution in [1.82, 2.24) is 8.75 Å². The Labute approximate surface area is 220 Å². The number of nitrogens with zero attached hydrogens (tertiary/aromatic N) is 3. The van der Waals surface area contributed by atoms with Crippen molar-refractivity contribution in [1.29, 1.82) is 0 Å². The smallest absolute Gasteiger partial charge is 0.513 e. The average Bonchev–Trinajstić information content (AvgIpc) is 3.26. The highest BCUT2D eigenvalue weighted by atomic mass is 127. The number of quaternary nitrogens is 1. The standard InChI is InChI=1S/C24H40N3O4S.HI/c1-4-6-7-11-17-29-23-22(25-32-26-23)19-13-12-16-27(3,18-19)21(5-2)31-24(28)30-20-14-9-8-10-15-20;/h13,20-21H,4-12,14-18H2,1-3H3;1H/q+1;/p-1.